The van der Waals surface area contributed by atoms with E-state index in [1.807, 2.05) is 0 Å². The quantitative estimate of drug-likeness (QED) is 0.752. The highest BCUT2D eigenvalue weighted by atomic mass is 16.3. The fraction of sp³-hybridized carbons (Fsp3) is 0.625. The van der Waals surface area contributed by atoms with Gasteiger partial charge in [0.05, 0.1) is 6.10 Å². The SMILES string of the molecule is CCC(CC)CC(O)CCc1cccc(C)c1. The number of hydrogen-bond acceptors (Lipinski definition) is 1. The van der Waals surface area contributed by atoms with Crippen LogP contribution in [-0.4, -0.2) is 11.2 Å². The molecule has 1 N–H and O–H groups in total. The Morgan fingerprint density at radius 1 is 1.18 bits per heavy atom. The molecule has 0 radical (unpaired) electrons. The van der Waals surface area contributed by atoms with Crippen LogP contribution in [0.2, 0.25) is 0 Å². The molecule has 0 amide bonds. The molecule has 0 fully saturated rings. The molecular weight excluding hydrogens is 208 g/mol. The van der Waals surface area contributed by atoms with Gasteiger partial charge in [0.25, 0.3) is 0 Å². The average molecular weight is 234 g/mol. The van der Waals surface area contributed by atoms with Crippen LogP contribution in [0.3, 0.4) is 0 Å². The summed E-state index contributed by atoms with van der Waals surface area (Å²) in [5.74, 6) is 0.683. The number of aliphatic hydroxyl groups excluding tert-OH is 1. The average Bonchev–Trinajstić information content (AvgIpc) is 2.33. The fourth-order valence-electron chi connectivity index (χ4n) is 2.33. The van der Waals surface area contributed by atoms with Crippen LogP contribution in [0.15, 0.2) is 24.3 Å². The highest BCUT2D eigenvalue weighted by Gasteiger charge is 2.11. The maximum absolute atomic E-state index is 10.0. The van der Waals surface area contributed by atoms with E-state index >= 15 is 0 Å². The lowest BCUT2D eigenvalue weighted by Crippen LogP contribution is -2.13. The molecule has 0 bridgehead atoms. The molecule has 0 spiro atoms. The van der Waals surface area contributed by atoms with Crippen molar-refractivity contribution < 1.29 is 5.11 Å². The lowest BCUT2D eigenvalue weighted by atomic mass is 9.93. The van der Waals surface area contributed by atoms with Crippen LogP contribution in [0.1, 0.15) is 50.7 Å². The predicted octanol–water partition coefficient (Wildman–Crippen LogP) is 4.11. The number of rotatable bonds is 7. The summed E-state index contributed by atoms with van der Waals surface area (Å²) in [5, 5.41) is 10.0. The topological polar surface area (TPSA) is 20.2 Å². The summed E-state index contributed by atoms with van der Waals surface area (Å²) in [7, 11) is 0. The van der Waals surface area contributed by atoms with Gasteiger partial charge in [0.2, 0.25) is 0 Å². The van der Waals surface area contributed by atoms with Crippen molar-refractivity contribution >= 4 is 0 Å². The number of benzene rings is 1. The van der Waals surface area contributed by atoms with E-state index in [0.29, 0.717) is 5.92 Å². The van der Waals surface area contributed by atoms with Crippen molar-refractivity contribution in [2.24, 2.45) is 5.92 Å². The maximum Gasteiger partial charge on any atom is 0.0546 e. The molecule has 0 aliphatic rings. The summed E-state index contributed by atoms with van der Waals surface area (Å²) in [6.45, 7) is 6.53. The highest BCUT2D eigenvalue weighted by molar-refractivity contribution is 5.22. The number of hydrogen-bond donors (Lipinski definition) is 1. The summed E-state index contributed by atoms with van der Waals surface area (Å²) in [6.07, 6.45) is 5.05. The predicted molar refractivity (Wildman–Crippen MR) is 74.2 cm³/mol. The normalized spacial score (nSPS) is 13.0. The molecule has 1 rings (SSSR count). The van der Waals surface area contributed by atoms with E-state index in [1.54, 1.807) is 0 Å². The second kappa shape index (κ2) is 7.50. The lowest BCUT2D eigenvalue weighted by Gasteiger charge is -2.17. The van der Waals surface area contributed by atoms with Crippen LogP contribution in [0.25, 0.3) is 0 Å². The Hall–Kier alpha value is -0.820. The fourth-order valence-corrected chi connectivity index (χ4v) is 2.33. The van der Waals surface area contributed by atoms with Gasteiger partial charge in [0.1, 0.15) is 0 Å². The first-order valence-corrected chi connectivity index (χ1v) is 6.89. The van der Waals surface area contributed by atoms with Crippen molar-refractivity contribution in [3.8, 4) is 0 Å². The molecule has 0 saturated carbocycles. The van der Waals surface area contributed by atoms with Gasteiger partial charge in [-0.05, 0) is 37.7 Å². The summed E-state index contributed by atoms with van der Waals surface area (Å²) in [5.41, 5.74) is 2.64. The second-order valence-electron chi connectivity index (χ2n) is 5.10. The molecule has 1 heteroatoms. The molecule has 0 saturated heterocycles. The molecule has 0 aliphatic carbocycles. The molecule has 0 heterocycles. The zero-order valence-electron chi connectivity index (χ0n) is 11.4. The molecule has 0 aliphatic heterocycles. The van der Waals surface area contributed by atoms with Gasteiger partial charge < -0.3 is 5.11 Å². The van der Waals surface area contributed by atoms with Gasteiger partial charge in [0.15, 0.2) is 0 Å². The molecule has 17 heavy (non-hydrogen) atoms. The van der Waals surface area contributed by atoms with E-state index in [4.69, 9.17) is 0 Å². The number of aliphatic hydroxyl groups is 1. The zero-order valence-corrected chi connectivity index (χ0v) is 11.4. The minimum Gasteiger partial charge on any atom is -0.393 e. The Morgan fingerprint density at radius 3 is 2.47 bits per heavy atom. The van der Waals surface area contributed by atoms with Crippen molar-refractivity contribution in [1.29, 1.82) is 0 Å². The van der Waals surface area contributed by atoms with Crippen molar-refractivity contribution in [3.63, 3.8) is 0 Å². The molecule has 0 aromatic heterocycles. The van der Waals surface area contributed by atoms with Crippen LogP contribution in [0.4, 0.5) is 0 Å². The van der Waals surface area contributed by atoms with Crippen molar-refractivity contribution in [1.82, 2.24) is 0 Å². The Morgan fingerprint density at radius 2 is 1.88 bits per heavy atom. The monoisotopic (exact) mass is 234 g/mol. The Kier molecular flexibility index (Phi) is 6.28. The van der Waals surface area contributed by atoms with Crippen molar-refractivity contribution in [2.75, 3.05) is 0 Å². The summed E-state index contributed by atoms with van der Waals surface area (Å²) >= 11 is 0. The van der Waals surface area contributed by atoms with Crippen LogP contribution in [-0.2, 0) is 6.42 Å². The first-order chi connectivity index (χ1) is 8.15. The van der Waals surface area contributed by atoms with E-state index in [0.717, 1.165) is 19.3 Å². The minimum atomic E-state index is -0.139. The first-order valence-electron chi connectivity index (χ1n) is 6.89. The third kappa shape index (κ3) is 5.36. The van der Waals surface area contributed by atoms with Crippen LogP contribution in [0.5, 0.6) is 0 Å². The van der Waals surface area contributed by atoms with E-state index in [-0.39, 0.29) is 6.10 Å². The molecular formula is C16H26O. The summed E-state index contributed by atoms with van der Waals surface area (Å²) in [6, 6.07) is 8.57. The molecule has 1 aromatic rings. The van der Waals surface area contributed by atoms with Gasteiger partial charge in [-0.15, -0.1) is 0 Å². The zero-order chi connectivity index (χ0) is 12.7. The third-order valence-electron chi connectivity index (χ3n) is 3.61. The van der Waals surface area contributed by atoms with Gasteiger partial charge >= 0.3 is 0 Å². The van der Waals surface area contributed by atoms with Crippen molar-refractivity contribution in [2.45, 2.75) is 59.0 Å². The van der Waals surface area contributed by atoms with Gasteiger partial charge in [-0.3, -0.25) is 0 Å². The first kappa shape index (κ1) is 14.2. The van der Waals surface area contributed by atoms with E-state index < -0.39 is 0 Å². The Labute approximate surface area is 106 Å². The van der Waals surface area contributed by atoms with Crippen molar-refractivity contribution in [3.05, 3.63) is 35.4 Å². The summed E-state index contributed by atoms with van der Waals surface area (Å²) < 4.78 is 0. The minimum absolute atomic E-state index is 0.139. The van der Waals surface area contributed by atoms with E-state index in [9.17, 15) is 5.11 Å². The molecule has 1 nitrogen and oxygen atoms in total. The van der Waals surface area contributed by atoms with Gasteiger partial charge in [0, 0.05) is 0 Å². The van der Waals surface area contributed by atoms with E-state index in [2.05, 4.69) is 45.0 Å². The third-order valence-corrected chi connectivity index (χ3v) is 3.61. The standard InChI is InChI=1S/C16H26O/c1-4-14(5-2)12-16(17)10-9-15-8-6-7-13(3)11-15/h6-8,11,14,16-17H,4-5,9-10,12H2,1-3H3. The van der Waals surface area contributed by atoms with Crippen LogP contribution >= 0.6 is 0 Å². The maximum atomic E-state index is 10.0. The highest BCUT2D eigenvalue weighted by Crippen LogP contribution is 2.18. The Bertz CT molecular complexity index is 315. The van der Waals surface area contributed by atoms with Gasteiger partial charge in [-0.1, -0.05) is 56.5 Å². The van der Waals surface area contributed by atoms with Crippen LogP contribution in [0, 0.1) is 12.8 Å². The smallest absolute Gasteiger partial charge is 0.0546 e. The molecule has 1 aromatic carbocycles. The number of aryl methyl sites for hydroxylation is 2. The molecule has 1 unspecified atom stereocenters. The van der Waals surface area contributed by atoms with Crippen LogP contribution < -0.4 is 0 Å². The summed E-state index contributed by atoms with van der Waals surface area (Å²) in [4.78, 5) is 0. The molecule has 1 atom stereocenters. The molecule has 96 valence electrons. The Balaban J connectivity index is 2.35. The lowest BCUT2D eigenvalue weighted by molar-refractivity contribution is 0.131. The largest absolute Gasteiger partial charge is 0.393 e. The van der Waals surface area contributed by atoms with Gasteiger partial charge in [-0.2, -0.15) is 0 Å². The van der Waals surface area contributed by atoms with Gasteiger partial charge in [-0.25, -0.2) is 0 Å². The second-order valence-corrected chi connectivity index (χ2v) is 5.10. The van der Waals surface area contributed by atoms with E-state index in [1.165, 1.54) is 24.0 Å².